The molecule has 0 unspecified atom stereocenters. The zero-order valence-corrected chi connectivity index (χ0v) is 19.9. The number of benzene rings is 1. The van der Waals surface area contributed by atoms with E-state index in [9.17, 15) is 9.90 Å². The third kappa shape index (κ3) is 8.72. The molecular formula is C25H39N3O5. The lowest BCUT2D eigenvalue weighted by atomic mass is 10.1. The molecule has 0 saturated carbocycles. The van der Waals surface area contributed by atoms with Crippen molar-refractivity contribution in [3.05, 3.63) is 42.5 Å². The van der Waals surface area contributed by atoms with E-state index in [-0.39, 0.29) is 12.0 Å². The van der Waals surface area contributed by atoms with E-state index in [0.717, 1.165) is 63.5 Å². The Balaban J connectivity index is 1.40. The highest BCUT2D eigenvalue weighted by Crippen LogP contribution is 2.14. The van der Waals surface area contributed by atoms with Crippen LogP contribution in [0.5, 0.6) is 5.75 Å². The molecule has 2 aliphatic rings. The van der Waals surface area contributed by atoms with Crippen LogP contribution in [0.4, 0.5) is 0 Å². The molecule has 1 aromatic rings. The minimum absolute atomic E-state index is 0.113. The van der Waals surface area contributed by atoms with Gasteiger partial charge in [0, 0.05) is 45.8 Å². The number of hydrogen-bond donors (Lipinski definition) is 1. The third-order valence-electron chi connectivity index (χ3n) is 6.16. The molecule has 3 rings (SSSR count). The van der Waals surface area contributed by atoms with Crippen molar-refractivity contribution in [2.24, 2.45) is 0 Å². The zero-order valence-electron chi connectivity index (χ0n) is 19.9. The van der Waals surface area contributed by atoms with Crippen LogP contribution in [-0.4, -0.2) is 117 Å². The minimum Gasteiger partial charge on any atom is -0.497 e. The van der Waals surface area contributed by atoms with Crippen molar-refractivity contribution in [2.45, 2.75) is 25.0 Å². The molecular weight excluding hydrogens is 422 g/mol. The summed E-state index contributed by atoms with van der Waals surface area (Å²) in [5.74, 6) is 0.977. The number of aliphatic hydroxyl groups is 1. The highest BCUT2D eigenvalue weighted by molar-refractivity contribution is 5.78. The standard InChI is InChI=1S/C25H39N3O5/c1-3-14-32-20-22(29)17-27-13-15-33-24(19-27)18-26-9-4-10-28(12-11-26)25(30)16-21-5-7-23(31-2)8-6-21/h3,5-8,22,24,29H,1,4,9-20H2,2H3/t22-,24-/m1/s1. The number of carbonyl (C=O) groups excluding carboxylic acids is 1. The van der Waals surface area contributed by atoms with Gasteiger partial charge >= 0.3 is 0 Å². The predicted octanol–water partition coefficient (Wildman–Crippen LogP) is 1.04. The van der Waals surface area contributed by atoms with Crippen LogP contribution in [0.25, 0.3) is 0 Å². The van der Waals surface area contributed by atoms with Crippen LogP contribution in [0.2, 0.25) is 0 Å². The lowest BCUT2D eigenvalue weighted by Crippen LogP contribution is -2.50. The predicted molar refractivity (Wildman–Crippen MR) is 128 cm³/mol. The molecule has 8 nitrogen and oxygen atoms in total. The highest BCUT2D eigenvalue weighted by atomic mass is 16.5. The number of β-amino-alcohol motifs (C(OH)–C–C–N with tert-alkyl or cyclic N) is 1. The molecule has 0 aromatic heterocycles. The van der Waals surface area contributed by atoms with Crippen molar-refractivity contribution in [1.82, 2.24) is 14.7 Å². The molecule has 184 valence electrons. The van der Waals surface area contributed by atoms with E-state index in [2.05, 4.69) is 16.4 Å². The number of rotatable bonds is 11. The van der Waals surface area contributed by atoms with Gasteiger partial charge in [-0.05, 0) is 30.7 Å². The van der Waals surface area contributed by atoms with Gasteiger partial charge in [0.05, 0.1) is 45.6 Å². The molecule has 0 bridgehead atoms. The van der Waals surface area contributed by atoms with Gasteiger partial charge in [-0.25, -0.2) is 0 Å². The molecule has 8 heteroatoms. The summed E-state index contributed by atoms with van der Waals surface area (Å²) < 4.78 is 16.5. The molecule has 1 N–H and O–H groups in total. The fraction of sp³-hybridized carbons (Fsp3) is 0.640. The number of hydrogen-bond acceptors (Lipinski definition) is 7. The Labute approximate surface area is 197 Å². The van der Waals surface area contributed by atoms with Gasteiger partial charge in [-0.15, -0.1) is 6.58 Å². The third-order valence-corrected chi connectivity index (χ3v) is 6.16. The van der Waals surface area contributed by atoms with Crippen molar-refractivity contribution in [2.75, 3.05) is 79.3 Å². The van der Waals surface area contributed by atoms with E-state index in [1.807, 2.05) is 29.2 Å². The van der Waals surface area contributed by atoms with Crippen molar-refractivity contribution < 1.29 is 24.1 Å². The monoisotopic (exact) mass is 461 g/mol. The number of ether oxygens (including phenoxy) is 3. The van der Waals surface area contributed by atoms with E-state index in [1.54, 1.807) is 13.2 Å². The highest BCUT2D eigenvalue weighted by Gasteiger charge is 2.26. The summed E-state index contributed by atoms with van der Waals surface area (Å²) in [6.07, 6.45) is 2.67. The molecule has 2 atom stereocenters. The Hall–Kier alpha value is -1.97. The Kier molecular flexibility index (Phi) is 10.6. The summed E-state index contributed by atoms with van der Waals surface area (Å²) in [4.78, 5) is 19.5. The summed E-state index contributed by atoms with van der Waals surface area (Å²) in [7, 11) is 1.64. The van der Waals surface area contributed by atoms with Gasteiger partial charge < -0.3 is 24.2 Å². The molecule has 2 aliphatic heterocycles. The van der Waals surface area contributed by atoms with Gasteiger partial charge in [0.1, 0.15) is 5.75 Å². The summed E-state index contributed by atoms with van der Waals surface area (Å²) >= 11 is 0. The molecule has 2 saturated heterocycles. The van der Waals surface area contributed by atoms with Crippen molar-refractivity contribution in [3.63, 3.8) is 0 Å². The lowest BCUT2D eigenvalue weighted by molar-refractivity contribution is -0.130. The number of morpholine rings is 1. The molecule has 0 spiro atoms. The summed E-state index contributed by atoms with van der Waals surface area (Å²) in [6.45, 7) is 11.5. The molecule has 0 aliphatic carbocycles. The Morgan fingerprint density at radius 1 is 1.21 bits per heavy atom. The quantitative estimate of drug-likeness (QED) is 0.390. The average molecular weight is 462 g/mol. The number of nitrogens with zero attached hydrogens (tertiary/aromatic N) is 3. The van der Waals surface area contributed by atoms with Gasteiger partial charge in [0.15, 0.2) is 0 Å². The maximum atomic E-state index is 12.8. The van der Waals surface area contributed by atoms with Gasteiger partial charge in [-0.1, -0.05) is 18.2 Å². The van der Waals surface area contributed by atoms with Gasteiger partial charge in [-0.3, -0.25) is 14.6 Å². The van der Waals surface area contributed by atoms with Crippen LogP contribution in [0.15, 0.2) is 36.9 Å². The van der Waals surface area contributed by atoms with Crippen LogP contribution in [-0.2, 0) is 20.7 Å². The molecule has 2 fully saturated rings. The van der Waals surface area contributed by atoms with Crippen LogP contribution in [0.1, 0.15) is 12.0 Å². The van der Waals surface area contributed by atoms with E-state index in [1.165, 1.54) is 0 Å². The number of amides is 1. The second-order valence-corrected chi connectivity index (χ2v) is 8.79. The second-order valence-electron chi connectivity index (χ2n) is 8.79. The van der Waals surface area contributed by atoms with Crippen molar-refractivity contribution >= 4 is 5.91 Å². The van der Waals surface area contributed by atoms with E-state index < -0.39 is 6.10 Å². The lowest BCUT2D eigenvalue weighted by Gasteiger charge is -2.36. The van der Waals surface area contributed by atoms with E-state index in [0.29, 0.717) is 32.8 Å². The summed E-state index contributed by atoms with van der Waals surface area (Å²) in [5.41, 5.74) is 1.01. The smallest absolute Gasteiger partial charge is 0.227 e. The first-order valence-corrected chi connectivity index (χ1v) is 11.9. The van der Waals surface area contributed by atoms with Crippen LogP contribution < -0.4 is 4.74 Å². The van der Waals surface area contributed by atoms with Crippen LogP contribution in [0.3, 0.4) is 0 Å². The second kappa shape index (κ2) is 13.7. The zero-order chi connectivity index (χ0) is 23.5. The minimum atomic E-state index is -0.507. The molecule has 1 aromatic carbocycles. The average Bonchev–Trinajstić information content (AvgIpc) is 3.05. The van der Waals surface area contributed by atoms with Gasteiger partial charge in [0.2, 0.25) is 5.91 Å². The Morgan fingerprint density at radius 3 is 2.79 bits per heavy atom. The normalized spacial score (nSPS) is 21.4. The van der Waals surface area contributed by atoms with Crippen LogP contribution in [0, 0.1) is 0 Å². The van der Waals surface area contributed by atoms with Gasteiger partial charge in [-0.2, -0.15) is 0 Å². The largest absolute Gasteiger partial charge is 0.497 e. The SMILES string of the molecule is C=CCOC[C@H](O)CN1CCO[C@H](CN2CCCN(C(=O)Cc3ccc(OC)cc3)CC2)C1. The number of carbonyl (C=O) groups is 1. The fourth-order valence-electron chi connectivity index (χ4n) is 4.42. The first-order valence-electron chi connectivity index (χ1n) is 11.9. The molecule has 0 radical (unpaired) electrons. The first-order chi connectivity index (χ1) is 16.1. The maximum absolute atomic E-state index is 12.8. The molecule has 1 amide bonds. The Bertz CT molecular complexity index is 729. The molecule has 2 heterocycles. The van der Waals surface area contributed by atoms with Crippen molar-refractivity contribution in [3.8, 4) is 5.75 Å². The molecule has 33 heavy (non-hydrogen) atoms. The van der Waals surface area contributed by atoms with Crippen molar-refractivity contribution in [1.29, 1.82) is 0 Å². The van der Waals surface area contributed by atoms with Crippen LogP contribution >= 0.6 is 0 Å². The van der Waals surface area contributed by atoms with E-state index >= 15 is 0 Å². The Morgan fingerprint density at radius 2 is 2.03 bits per heavy atom. The van der Waals surface area contributed by atoms with E-state index in [4.69, 9.17) is 14.2 Å². The first kappa shape index (κ1) is 25.6. The maximum Gasteiger partial charge on any atom is 0.227 e. The number of methoxy groups -OCH3 is 1. The number of aliphatic hydroxyl groups excluding tert-OH is 1. The van der Waals surface area contributed by atoms with Gasteiger partial charge in [0.25, 0.3) is 0 Å². The summed E-state index contributed by atoms with van der Waals surface area (Å²) in [6, 6.07) is 7.70. The topological polar surface area (TPSA) is 74.7 Å². The fourth-order valence-corrected chi connectivity index (χ4v) is 4.42. The summed E-state index contributed by atoms with van der Waals surface area (Å²) in [5, 5.41) is 10.2.